The Labute approximate surface area is 111 Å². The average molecular weight is 270 g/mol. The number of nitrogens with zero attached hydrogens (tertiary/aromatic N) is 2. The number of benzene rings is 1. The maximum Gasteiger partial charge on any atom is 0.293 e. The summed E-state index contributed by atoms with van der Waals surface area (Å²) in [6, 6.07) is 4.95. The van der Waals surface area contributed by atoms with Crippen LogP contribution in [0.3, 0.4) is 0 Å². The van der Waals surface area contributed by atoms with Gasteiger partial charge in [-0.15, -0.1) is 0 Å². The third-order valence-corrected chi connectivity index (χ3v) is 3.13. The van der Waals surface area contributed by atoms with Crippen LogP contribution >= 0.6 is 11.8 Å². The molecule has 0 heterocycles. The zero-order valence-corrected chi connectivity index (χ0v) is 11.4. The zero-order chi connectivity index (χ0) is 13.5. The number of nitrogens with one attached hydrogen (secondary N) is 1. The predicted molar refractivity (Wildman–Crippen MR) is 75.6 cm³/mol. The summed E-state index contributed by atoms with van der Waals surface area (Å²) in [6.07, 6.45) is 2.07. The minimum Gasteiger partial charge on any atom is -0.318 e. The summed E-state index contributed by atoms with van der Waals surface area (Å²) in [5.74, 6) is 6.36. The number of nitro benzene ring substituents is 1. The van der Waals surface area contributed by atoms with Gasteiger partial charge in [0.05, 0.1) is 4.92 Å². The number of anilines is 1. The molecule has 6 nitrogen and oxygen atoms in total. The first kappa shape index (κ1) is 14.7. The Bertz CT molecular complexity index is 414. The van der Waals surface area contributed by atoms with Crippen LogP contribution in [0.25, 0.3) is 0 Å². The highest BCUT2D eigenvalue weighted by Crippen LogP contribution is 2.24. The van der Waals surface area contributed by atoms with Crippen molar-refractivity contribution in [2.24, 2.45) is 5.84 Å². The van der Waals surface area contributed by atoms with Crippen molar-refractivity contribution in [1.82, 2.24) is 4.90 Å². The minimum atomic E-state index is -0.448. The molecule has 0 aliphatic rings. The van der Waals surface area contributed by atoms with Gasteiger partial charge in [0, 0.05) is 24.9 Å². The van der Waals surface area contributed by atoms with E-state index in [-0.39, 0.29) is 5.69 Å². The highest BCUT2D eigenvalue weighted by Gasteiger charge is 2.13. The second-order valence-electron chi connectivity index (χ2n) is 3.98. The average Bonchev–Trinajstić information content (AvgIpc) is 2.35. The summed E-state index contributed by atoms with van der Waals surface area (Å²) in [5.41, 5.74) is 3.70. The first-order valence-corrected chi connectivity index (χ1v) is 6.89. The molecule has 0 unspecified atom stereocenters. The molecule has 0 radical (unpaired) electrons. The smallest absolute Gasteiger partial charge is 0.293 e. The molecule has 3 N–H and O–H groups in total. The SMILES string of the molecule is CSCCN(C)Cc1ccc([N+](=O)[O-])c(NN)c1. The Kier molecular flexibility index (Phi) is 5.90. The molecule has 0 saturated heterocycles. The summed E-state index contributed by atoms with van der Waals surface area (Å²) in [7, 11) is 2.02. The Morgan fingerprint density at radius 3 is 2.83 bits per heavy atom. The van der Waals surface area contributed by atoms with Gasteiger partial charge in [-0.2, -0.15) is 11.8 Å². The topological polar surface area (TPSA) is 84.4 Å². The normalized spacial score (nSPS) is 10.7. The zero-order valence-electron chi connectivity index (χ0n) is 10.5. The Hall–Kier alpha value is -1.31. The lowest BCUT2D eigenvalue weighted by Crippen LogP contribution is -2.20. The number of nitro groups is 1. The highest BCUT2D eigenvalue weighted by molar-refractivity contribution is 7.98. The van der Waals surface area contributed by atoms with Crippen molar-refractivity contribution in [3.05, 3.63) is 33.9 Å². The van der Waals surface area contributed by atoms with E-state index < -0.39 is 4.92 Å². The molecule has 1 aromatic rings. The van der Waals surface area contributed by atoms with E-state index in [1.54, 1.807) is 23.9 Å². The van der Waals surface area contributed by atoms with Crippen LogP contribution < -0.4 is 11.3 Å². The fourth-order valence-electron chi connectivity index (χ4n) is 1.59. The van der Waals surface area contributed by atoms with Crippen molar-refractivity contribution in [3.63, 3.8) is 0 Å². The van der Waals surface area contributed by atoms with Crippen LogP contribution in [0.2, 0.25) is 0 Å². The van der Waals surface area contributed by atoms with Gasteiger partial charge in [0.2, 0.25) is 0 Å². The van der Waals surface area contributed by atoms with Gasteiger partial charge in [-0.1, -0.05) is 6.07 Å². The van der Waals surface area contributed by atoms with Gasteiger partial charge in [0.1, 0.15) is 5.69 Å². The number of hydrogen-bond donors (Lipinski definition) is 2. The molecule has 0 amide bonds. The molecule has 0 aliphatic heterocycles. The lowest BCUT2D eigenvalue weighted by atomic mass is 10.1. The number of nitrogens with two attached hydrogens (primary N) is 1. The van der Waals surface area contributed by atoms with Gasteiger partial charge in [0.25, 0.3) is 5.69 Å². The largest absolute Gasteiger partial charge is 0.318 e. The van der Waals surface area contributed by atoms with E-state index in [0.29, 0.717) is 5.69 Å². The predicted octanol–water partition coefficient (Wildman–Crippen LogP) is 1.68. The van der Waals surface area contributed by atoms with E-state index in [9.17, 15) is 10.1 Å². The number of nitrogen functional groups attached to an aromatic ring is 1. The minimum absolute atomic E-state index is 0.00647. The van der Waals surface area contributed by atoms with E-state index in [2.05, 4.69) is 16.6 Å². The standard InChI is InChI=1S/C11H18N4O2S/c1-14(5-6-18-2)8-9-3-4-11(15(16)17)10(7-9)13-12/h3-4,7,13H,5-6,8,12H2,1-2H3. The molecular formula is C11H18N4O2S. The van der Waals surface area contributed by atoms with Crippen LogP contribution in [0.4, 0.5) is 11.4 Å². The monoisotopic (exact) mass is 270 g/mol. The van der Waals surface area contributed by atoms with Crippen molar-refractivity contribution in [3.8, 4) is 0 Å². The van der Waals surface area contributed by atoms with Crippen LogP contribution in [-0.2, 0) is 6.54 Å². The summed E-state index contributed by atoms with van der Waals surface area (Å²) < 4.78 is 0. The summed E-state index contributed by atoms with van der Waals surface area (Å²) in [4.78, 5) is 12.5. The quantitative estimate of drug-likeness (QED) is 0.445. The van der Waals surface area contributed by atoms with Crippen LogP contribution in [0.15, 0.2) is 18.2 Å². The van der Waals surface area contributed by atoms with Crippen molar-refractivity contribution >= 4 is 23.1 Å². The number of hydrazine groups is 1. The van der Waals surface area contributed by atoms with Crippen LogP contribution in [0.5, 0.6) is 0 Å². The van der Waals surface area contributed by atoms with Gasteiger partial charge in [-0.05, 0) is 24.9 Å². The van der Waals surface area contributed by atoms with Gasteiger partial charge in [-0.3, -0.25) is 16.0 Å². The highest BCUT2D eigenvalue weighted by atomic mass is 32.2. The lowest BCUT2D eigenvalue weighted by molar-refractivity contribution is -0.384. The summed E-state index contributed by atoms with van der Waals surface area (Å²) in [5, 5.41) is 10.8. The van der Waals surface area contributed by atoms with Crippen LogP contribution in [-0.4, -0.2) is 35.4 Å². The molecule has 7 heteroatoms. The number of hydrogen-bond acceptors (Lipinski definition) is 6. The molecule has 0 aromatic heterocycles. The summed E-state index contributed by atoms with van der Waals surface area (Å²) in [6.45, 7) is 1.72. The summed E-state index contributed by atoms with van der Waals surface area (Å²) >= 11 is 1.79. The fraction of sp³-hybridized carbons (Fsp3) is 0.455. The molecule has 1 rings (SSSR count). The second-order valence-corrected chi connectivity index (χ2v) is 4.97. The van der Waals surface area contributed by atoms with E-state index in [4.69, 9.17) is 5.84 Å². The van der Waals surface area contributed by atoms with Crippen molar-refractivity contribution < 1.29 is 4.92 Å². The number of rotatable bonds is 7. The first-order valence-electron chi connectivity index (χ1n) is 5.50. The first-order chi connectivity index (χ1) is 8.58. The lowest BCUT2D eigenvalue weighted by Gasteiger charge is -2.16. The Morgan fingerprint density at radius 1 is 1.56 bits per heavy atom. The molecule has 1 aromatic carbocycles. The van der Waals surface area contributed by atoms with Crippen LogP contribution in [0, 0.1) is 10.1 Å². The van der Waals surface area contributed by atoms with Crippen molar-refractivity contribution in [2.75, 3.05) is 31.0 Å². The maximum atomic E-state index is 10.8. The molecular weight excluding hydrogens is 252 g/mol. The maximum absolute atomic E-state index is 10.8. The van der Waals surface area contributed by atoms with Gasteiger partial charge >= 0.3 is 0 Å². The molecule has 0 atom stereocenters. The Balaban J connectivity index is 2.76. The third kappa shape index (κ3) is 4.17. The molecule has 100 valence electrons. The second kappa shape index (κ2) is 7.20. The Morgan fingerprint density at radius 2 is 2.28 bits per heavy atom. The van der Waals surface area contributed by atoms with Crippen molar-refractivity contribution in [2.45, 2.75) is 6.54 Å². The van der Waals surface area contributed by atoms with Gasteiger partial charge < -0.3 is 10.3 Å². The van der Waals surface area contributed by atoms with E-state index in [1.807, 2.05) is 7.05 Å². The van der Waals surface area contributed by atoms with E-state index in [0.717, 1.165) is 24.4 Å². The van der Waals surface area contributed by atoms with E-state index >= 15 is 0 Å². The number of thioether (sulfide) groups is 1. The molecule has 18 heavy (non-hydrogen) atoms. The van der Waals surface area contributed by atoms with Gasteiger partial charge in [0.15, 0.2) is 0 Å². The van der Waals surface area contributed by atoms with Gasteiger partial charge in [-0.25, -0.2) is 0 Å². The molecule has 0 bridgehead atoms. The van der Waals surface area contributed by atoms with E-state index in [1.165, 1.54) is 6.07 Å². The van der Waals surface area contributed by atoms with Crippen LogP contribution in [0.1, 0.15) is 5.56 Å². The molecule has 0 aliphatic carbocycles. The van der Waals surface area contributed by atoms with Crippen molar-refractivity contribution in [1.29, 1.82) is 0 Å². The molecule has 0 saturated carbocycles. The molecule has 0 fully saturated rings. The third-order valence-electron chi connectivity index (χ3n) is 2.54. The fourth-order valence-corrected chi connectivity index (χ4v) is 2.09. The molecule has 0 spiro atoms.